The van der Waals surface area contributed by atoms with Crippen molar-refractivity contribution in [1.82, 2.24) is 15.3 Å². The Hall–Kier alpha value is -3.72. The van der Waals surface area contributed by atoms with Crippen LogP contribution >= 0.6 is 0 Å². The van der Waals surface area contributed by atoms with Crippen molar-refractivity contribution in [1.29, 1.82) is 5.26 Å². The standard InChI is InChI=1S/C20H17N5O/c1-14-10-18(19(26)22-13-15-6-3-2-4-7-15)25-20(23-14)24-17-9-5-8-16(11-17)12-21/h2-11H,13H2,1H3,(H,22,26)(H,23,24,25). The van der Waals surface area contributed by atoms with Crippen LogP contribution in [-0.2, 0) is 6.54 Å². The van der Waals surface area contributed by atoms with Crippen LogP contribution < -0.4 is 10.6 Å². The summed E-state index contributed by atoms with van der Waals surface area (Å²) in [5.41, 5.74) is 3.18. The molecule has 0 aliphatic carbocycles. The molecule has 0 aliphatic heterocycles. The number of benzene rings is 2. The van der Waals surface area contributed by atoms with Crippen molar-refractivity contribution >= 4 is 17.5 Å². The molecule has 0 spiro atoms. The van der Waals surface area contributed by atoms with Crippen LogP contribution in [0.25, 0.3) is 0 Å². The molecule has 1 heterocycles. The summed E-state index contributed by atoms with van der Waals surface area (Å²) in [5.74, 6) is 0.0399. The predicted molar refractivity (Wildman–Crippen MR) is 98.8 cm³/mol. The topological polar surface area (TPSA) is 90.7 Å². The zero-order chi connectivity index (χ0) is 18.4. The molecule has 0 bridgehead atoms. The summed E-state index contributed by atoms with van der Waals surface area (Å²) in [6.45, 7) is 2.22. The Balaban J connectivity index is 1.74. The third-order valence-electron chi connectivity index (χ3n) is 3.63. The number of hydrogen-bond acceptors (Lipinski definition) is 5. The third kappa shape index (κ3) is 4.42. The number of carbonyl (C=O) groups excluding carboxylic acids is 1. The van der Waals surface area contributed by atoms with E-state index in [0.29, 0.717) is 29.4 Å². The fourth-order valence-corrected chi connectivity index (χ4v) is 2.41. The van der Waals surface area contributed by atoms with Gasteiger partial charge in [-0.1, -0.05) is 36.4 Å². The van der Waals surface area contributed by atoms with Gasteiger partial charge in [-0.15, -0.1) is 0 Å². The summed E-state index contributed by atoms with van der Waals surface area (Å²) < 4.78 is 0. The normalized spacial score (nSPS) is 10.0. The van der Waals surface area contributed by atoms with E-state index in [1.807, 2.05) is 36.4 Å². The van der Waals surface area contributed by atoms with Gasteiger partial charge < -0.3 is 10.6 Å². The summed E-state index contributed by atoms with van der Waals surface area (Å²) in [6.07, 6.45) is 0. The molecule has 128 valence electrons. The van der Waals surface area contributed by atoms with Gasteiger partial charge in [0.25, 0.3) is 5.91 Å². The van der Waals surface area contributed by atoms with Gasteiger partial charge in [0.15, 0.2) is 0 Å². The maximum atomic E-state index is 12.4. The molecule has 0 aliphatic rings. The van der Waals surface area contributed by atoms with Gasteiger partial charge in [-0.3, -0.25) is 4.79 Å². The number of aryl methyl sites for hydroxylation is 1. The van der Waals surface area contributed by atoms with Crippen molar-refractivity contribution in [2.75, 3.05) is 5.32 Å². The Morgan fingerprint density at radius 2 is 1.88 bits per heavy atom. The highest BCUT2D eigenvalue weighted by Gasteiger charge is 2.11. The van der Waals surface area contributed by atoms with Gasteiger partial charge in [-0.2, -0.15) is 5.26 Å². The molecule has 2 N–H and O–H groups in total. The SMILES string of the molecule is Cc1cc(C(=O)NCc2ccccc2)nc(Nc2cccc(C#N)c2)n1. The highest BCUT2D eigenvalue weighted by molar-refractivity contribution is 5.92. The average Bonchev–Trinajstić information content (AvgIpc) is 2.66. The molecule has 6 nitrogen and oxygen atoms in total. The monoisotopic (exact) mass is 343 g/mol. The zero-order valence-corrected chi connectivity index (χ0v) is 14.2. The highest BCUT2D eigenvalue weighted by Crippen LogP contribution is 2.15. The molecule has 0 radical (unpaired) electrons. The number of aromatic nitrogens is 2. The molecule has 0 saturated carbocycles. The second-order valence-corrected chi connectivity index (χ2v) is 5.70. The quantitative estimate of drug-likeness (QED) is 0.741. The predicted octanol–water partition coefficient (Wildman–Crippen LogP) is 3.33. The molecule has 1 amide bonds. The number of nitrogens with one attached hydrogen (secondary N) is 2. The number of anilines is 2. The van der Waals surface area contributed by atoms with E-state index in [9.17, 15) is 4.79 Å². The molecule has 2 aromatic carbocycles. The lowest BCUT2D eigenvalue weighted by atomic mass is 10.2. The summed E-state index contributed by atoms with van der Waals surface area (Å²) in [6, 6.07) is 20.4. The fraction of sp³-hybridized carbons (Fsp3) is 0.100. The molecule has 3 rings (SSSR count). The van der Waals surface area contributed by atoms with Gasteiger partial charge in [0.2, 0.25) is 5.95 Å². The molecule has 0 saturated heterocycles. The van der Waals surface area contributed by atoms with E-state index < -0.39 is 0 Å². The Bertz CT molecular complexity index is 963. The van der Waals surface area contributed by atoms with Crippen LogP contribution in [0.5, 0.6) is 0 Å². The Morgan fingerprint density at radius 1 is 1.08 bits per heavy atom. The lowest BCUT2D eigenvalue weighted by Crippen LogP contribution is -2.24. The maximum absolute atomic E-state index is 12.4. The van der Waals surface area contributed by atoms with Gasteiger partial charge in [0.1, 0.15) is 5.69 Å². The van der Waals surface area contributed by atoms with E-state index in [1.54, 1.807) is 31.2 Å². The zero-order valence-electron chi connectivity index (χ0n) is 14.2. The van der Waals surface area contributed by atoms with Gasteiger partial charge in [0, 0.05) is 17.9 Å². The van der Waals surface area contributed by atoms with E-state index in [1.165, 1.54) is 0 Å². The number of nitriles is 1. The summed E-state index contributed by atoms with van der Waals surface area (Å²) >= 11 is 0. The number of carbonyl (C=O) groups is 1. The summed E-state index contributed by atoms with van der Waals surface area (Å²) in [7, 11) is 0. The van der Waals surface area contributed by atoms with E-state index >= 15 is 0 Å². The van der Waals surface area contributed by atoms with E-state index in [0.717, 1.165) is 5.56 Å². The van der Waals surface area contributed by atoms with Gasteiger partial charge in [-0.25, -0.2) is 9.97 Å². The first kappa shape index (κ1) is 17.1. The van der Waals surface area contributed by atoms with E-state index in [4.69, 9.17) is 5.26 Å². The number of amides is 1. The van der Waals surface area contributed by atoms with E-state index in [-0.39, 0.29) is 11.6 Å². The summed E-state index contributed by atoms with van der Waals surface area (Å²) in [5, 5.41) is 14.9. The molecule has 6 heteroatoms. The van der Waals surface area contributed by atoms with Crippen LogP contribution in [0.1, 0.15) is 27.3 Å². The lowest BCUT2D eigenvalue weighted by Gasteiger charge is -2.09. The number of rotatable bonds is 5. The Labute approximate surface area is 151 Å². The second kappa shape index (κ2) is 7.90. The molecular weight excluding hydrogens is 326 g/mol. The van der Waals surface area contributed by atoms with Crippen LogP contribution in [0.4, 0.5) is 11.6 Å². The van der Waals surface area contributed by atoms with Crippen molar-refractivity contribution < 1.29 is 4.79 Å². The Kier molecular flexibility index (Phi) is 5.20. The van der Waals surface area contributed by atoms with Crippen molar-refractivity contribution in [3.63, 3.8) is 0 Å². The van der Waals surface area contributed by atoms with Crippen molar-refractivity contribution in [2.45, 2.75) is 13.5 Å². The molecule has 1 aromatic heterocycles. The van der Waals surface area contributed by atoms with Gasteiger partial charge in [-0.05, 0) is 36.8 Å². The van der Waals surface area contributed by atoms with Crippen molar-refractivity contribution in [3.05, 3.63) is 83.2 Å². The van der Waals surface area contributed by atoms with Crippen molar-refractivity contribution in [3.8, 4) is 6.07 Å². The van der Waals surface area contributed by atoms with Crippen LogP contribution in [-0.4, -0.2) is 15.9 Å². The minimum Gasteiger partial charge on any atom is -0.347 e. The van der Waals surface area contributed by atoms with E-state index in [2.05, 4.69) is 26.7 Å². The molecule has 0 atom stereocenters. The molecule has 26 heavy (non-hydrogen) atoms. The Morgan fingerprint density at radius 3 is 2.65 bits per heavy atom. The third-order valence-corrected chi connectivity index (χ3v) is 3.63. The van der Waals surface area contributed by atoms with Crippen LogP contribution in [0.15, 0.2) is 60.7 Å². The minimum absolute atomic E-state index is 0.270. The number of nitrogens with zero attached hydrogens (tertiary/aromatic N) is 3. The van der Waals surface area contributed by atoms with Gasteiger partial charge >= 0.3 is 0 Å². The molecule has 0 unspecified atom stereocenters. The van der Waals surface area contributed by atoms with Crippen LogP contribution in [0.2, 0.25) is 0 Å². The maximum Gasteiger partial charge on any atom is 0.270 e. The smallest absolute Gasteiger partial charge is 0.270 e. The van der Waals surface area contributed by atoms with Crippen LogP contribution in [0, 0.1) is 18.3 Å². The first-order chi connectivity index (χ1) is 12.6. The highest BCUT2D eigenvalue weighted by atomic mass is 16.1. The van der Waals surface area contributed by atoms with Gasteiger partial charge in [0.05, 0.1) is 11.6 Å². The first-order valence-electron chi connectivity index (χ1n) is 8.09. The molecular formula is C20H17N5O. The summed E-state index contributed by atoms with van der Waals surface area (Å²) in [4.78, 5) is 21.0. The van der Waals surface area contributed by atoms with Crippen molar-refractivity contribution in [2.24, 2.45) is 0 Å². The second-order valence-electron chi connectivity index (χ2n) is 5.70. The minimum atomic E-state index is -0.270. The molecule has 0 fully saturated rings. The largest absolute Gasteiger partial charge is 0.347 e. The van der Waals surface area contributed by atoms with Crippen LogP contribution in [0.3, 0.4) is 0 Å². The first-order valence-corrected chi connectivity index (χ1v) is 8.09. The average molecular weight is 343 g/mol. The molecule has 3 aromatic rings. The lowest BCUT2D eigenvalue weighted by molar-refractivity contribution is 0.0945. The number of hydrogen-bond donors (Lipinski definition) is 2. The fourth-order valence-electron chi connectivity index (χ4n) is 2.41.